The predicted octanol–water partition coefficient (Wildman–Crippen LogP) is 2.67. The molecule has 2 N–H and O–H groups in total. The van der Waals surface area contributed by atoms with Crippen molar-refractivity contribution in [3.8, 4) is 0 Å². The monoisotopic (exact) mass is 465 g/mol. The zero-order valence-electron chi connectivity index (χ0n) is 19.7. The van der Waals surface area contributed by atoms with E-state index in [4.69, 9.17) is 4.98 Å². The molecule has 1 aliphatic carbocycles. The third-order valence-corrected chi connectivity index (χ3v) is 8.00. The van der Waals surface area contributed by atoms with Gasteiger partial charge in [-0.1, -0.05) is 12.8 Å². The van der Waals surface area contributed by atoms with Gasteiger partial charge in [-0.15, -0.1) is 0 Å². The largest absolute Gasteiger partial charge is 0.367 e. The third kappa shape index (κ3) is 3.57. The summed E-state index contributed by atoms with van der Waals surface area (Å²) in [5.41, 5.74) is 1.73. The van der Waals surface area contributed by atoms with Gasteiger partial charge in [0.05, 0.1) is 5.69 Å². The molecular formula is C25H32FN7O. The molecule has 3 fully saturated rings. The summed E-state index contributed by atoms with van der Waals surface area (Å²) < 4.78 is 15.0. The van der Waals surface area contributed by atoms with Gasteiger partial charge in [-0.05, 0) is 44.5 Å². The van der Waals surface area contributed by atoms with Gasteiger partial charge in [0.1, 0.15) is 17.2 Å². The lowest BCUT2D eigenvalue weighted by Gasteiger charge is -2.38. The van der Waals surface area contributed by atoms with E-state index < -0.39 is 5.54 Å². The van der Waals surface area contributed by atoms with E-state index in [1.165, 1.54) is 18.9 Å². The number of hydrogen-bond acceptors (Lipinski definition) is 7. The standard InChI is InChI=1S/C25H32FN7O/c1-31-10-12-32(13-11-31)21-7-6-18(14-20(21)26)29-24-28-16-17-15-25(8-9-27-23(25)34)33(22(17)30-24)19-4-2-3-5-19/h6-7,14,16,19H,2-5,8-13,15H2,1H3,(H,27,34)(H,28,29,30)/t25-/m1/s1. The molecule has 8 nitrogen and oxygen atoms in total. The van der Waals surface area contributed by atoms with E-state index in [0.29, 0.717) is 36.3 Å². The van der Waals surface area contributed by atoms with Crippen molar-refractivity contribution < 1.29 is 9.18 Å². The van der Waals surface area contributed by atoms with Crippen molar-refractivity contribution in [2.45, 2.75) is 50.1 Å². The Balaban J connectivity index is 1.26. The zero-order chi connectivity index (χ0) is 23.3. The Hall–Kier alpha value is -2.94. The quantitative estimate of drug-likeness (QED) is 0.719. The number of hydrogen-bond donors (Lipinski definition) is 2. The average Bonchev–Trinajstić information content (AvgIpc) is 3.54. The van der Waals surface area contributed by atoms with Gasteiger partial charge in [0, 0.05) is 62.6 Å². The number of piperazine rings is 1. The molecule has 4 aliphatic rings. The molecule has 4 heterocycles. The highest BCUT2D eigenvalue weighted by atomic mass is 19.1. The molecule has 3 aliphatic heterocycles. The van der Waals surface area contributed by atoms with Gasteiger partial charge < -0.3 is 25.3 Å². The summed E-state index contributed by atoms with van der Waals surface area (Å²) in [6.07, 6.45) is 7.81. The molecule has 180 valence electrons. The molecular weight excluding hydrogens is 433 g/mol. The number of amides is 1. The highest BCUT2D eigenvalue weighted by Crippen LogP contribution is 2.46. The van der Waals surface area contributed by atoms with Crippen LogP contribution in [0.3, 0.4) is 0 Å². The number of likely N-dealkylation sites (N-methyl/N-ethyl adjacent to an activating group) is 1. The molecule has 6 rings (SSSR count). The van der Waals surface area contributed by atoms with E-state index in [9.17, 15) is 9.18 Å². The Morgan fingerprint density at radius 1 is 1.18 bits per heavy atom. The first kappa shape index (κ1) is 21.6. The molecule has 9 heteroatoms. The zero-order valence-corrected chi connectivity index (χ0v) is 19.7. The topological polar surface area (TPSA) is 76.6 Å². The fourth-order valence-electron chi connectivity index (χ4n) is 6.16. The molecule has 1 amide bonds. The number of halogens is 1. The number of carbonyl (C=O) groups is 1. The number of nitrogens with zero attached hydrogens (tertiary/aromatic N) is 5. The van der Waals surface area contributed by atoms with Gasteiger partial charge in [0.15, 0.2) is 0 Å². The minimum Gasteiger partial charge on any atom is -0.367 e. The van der Waals surface area contributed by atoms with Gasteiger partial charge in [0.25, 0.3) is 0 Å². The van der Waals surface area contributed by atoms with Crippen LogP contribution in [-0.4, -0.2) is 72.1 Å². The second-order valence-electron chi connectivity index (χ2n) is 10.1. The molecule has 1 atom stereocenters. The summed E-state index contributed by atoms with van der Waals surface area (Å²) >= 11 is 0. The average molecular weight is 466 g/mol. The van der Waals surface area contributed by atoms with Crippen molar-refractivity contribution in [2.24, 2.45) is 0 Å². The molecule has 0 unspecified atom stereocenters. The minimum absolute atomic E-state index is 0.105. The van der Waals surface area contributed by atoms with E-state index >= 15 is 0 Å². The van der Waals surface area contributed by atoms with Gasteiger partial charge in [-0.25, -0.2) is 9.37 Å². The number of fused-ring (bicyclic) bond motifs is 1. The van der Waals surface area contributed by atoms with Crippen LogP contribution < -0.4 is 20.4 Å². The summed E-state index contributed by atoms with van der Waals surface area (Å²) in [6.45, 7) is 4.20. The van der Waals surface area contributed by atoms with Crippen LogP contribution in [0.25, 0.3) is 0 Å². The van der Waals surface area contributed by atoms with Crippen molar-refractivity contribution in [1.82, 2.24) is 20.2 Å². The molecule has 1 saturated carbocycles. The lowest BCUT2D eigenvalue weighted by Crippen LogP contribution is -2.56. The van der Waals surface area contributed by atoms with Crippen molar-refractivity contribution in [3.63, 3.8) is 0 Å². The Morgan fingerprint density at radius 3 is 2.68 bits per heavy atom. The highest BCUT2D eigenvalue weighted by Gasteiger charge is 2.55. The first-order valence-electron chi connectivity index (χ1n) is 12.5. The number of anilines is 4. The van der Waals surface area contributed by atoms with Crippen molar-refractivity contribution in [3.05, 3.63) is 35.8 Å². The van der Waals surface area contributed by atoms with Crippen LogP contribution in [0.5, 0.6) is 0 Å². The highest BCUT2D eigenvalue weighted by molar-refractivity contribution is 5.94. The Bertz CT molecular complexity index is 1100. The molecule has 2 aromatic rings. The normalized spacial score (nSPS) is 25.3. The SMILES string of the molecule is CN1CCN(c2ccc(Nc3ncc4c(n3)N(C3CCCC3)[C@]3(CCNC3=O)C4)cc2F)CC1. The maximum absolute atomic E-state index is 15.0. The Kier molecular flexibility index (Phi) is 5.32. The number of rotatable bonds is 4. The van der Waals surface area contributed by atoms with Crippen LogP contribution in [0.1, 0.15) is 37.7 Å². The van der Waals surface area contributed by atoms with E-state index in [0.717, 1.165) is 56.8 Å². The fraction of sp³-hybridized carbons (Fsp3) is 0.560. The summed E-state index contributed by atoms with van der Waals surface area (Å²) in [5.74, 6) is 1.15. The second-order valence-corrected chi connectivity index (χ2v) is 10.1. The Morgan fingerprint density at radius 2 is 1.97 bits per heavy atom. The van der Waals surface area contributed by atoms with Gasteiger partial charge in [-0.3, -0.25) is 4.79 Å². The van der Waals surface area contributed by atoms with E-state index in [-0.39, 0.29) is 11.7 Å². The summed E-state index contributed by atoms with van der Waals surface area (Å²) in [4.78, 5) is 29.0. The molecule has 0 bridgehead atoms. The first-order valence-corrected chi connectivity index (χ1v) is 12.5. The van der Waals surface area contributed by atoms with Crippen LogP contribution in [0.4, 0.5) is 27.5 Å². The Labute approximate surface area is 199 Å². The van der Waals surface area contributed by atoms with Crippen LogP contribution in [-0.2, 0) is 11.2 Å². The molecule has 1 aromatic heterocycles. The summed E-state index contributed by atoms with van der Waals surface area (Å²) in [6, 6.07) is 5.56. The number of carbonyl (C=O) groups excluding carboxylic acids is 1. The maximum atomic E-state index is 15.0. The smallest absolute Gasteiger partial charge is 0.246 e. The fourth-order valence-corrected chi connectivity index (χ4v) is 6.16. The molecule has 1 aromatic carbocycles. The predicted molar refractivity (Wildman–Crippen MR) is 130 cm³/mol. The molecule has 0 radical (unpaired) electrons. The van der Waals surface area contributed by atoms with Crippen LogP contribution in [0.15, 0.2) is 24.4 Å². The number of benzene rings is 1. The lowest BCUT2D eigenvalue weighted by molar-refractivity contribution is -0.123. The van der Waals surface area contributed by atoms with Crippen molar-refractivity contribution >= 4 is 29.0 Å². The maximum Gasteiger partial charge on any atom is 0.246 e. The number of aromatic nitrogens is 2. The molecule has 2 saturated heterocycles. The molecule has 34 heavy (non-hydrogen) atoms. The second kappa shape index (κ2) is 8.37. The van der Waals surface area contributed by atoms with Crippen LogP contribution >= 0.6 is 0 Å². The first-order chi connectivity index (χ1) is 16.5. The molecule has 1 spiro atoms. The summed E-state index contributed by atoms with van der Waals surface area (Å²) in [7, 11) is 2.09. The summed E-state index contributed by atoms with van der Waals surface area (Å²) in [5, 5.41) is 6.24. The van der Waals surface area contributed by atoms with E-state index in [1.807, 2.05) is 18.3 Å². The van der Waals surface area contributed by atoms with Crippen molar-refractivity contribution in [2.75, 3.05) is 54.9 Å². The van der Waals surface area contributed by atoms with Crippen LogP contribution in [0.2, 0.25) is 0 Å². The van der Waals surface area contributed by atoms with Gasteiger partial charge in [-0.2, -0.15) is 4.98 Å². The van der Waals surface area contributed by atoms with E-state index in [2.05, 4.69) is 37.4 Å². The van der Waals surface area contributed by atoms with E-state index in [1.54, 1.807) is 0 Å². The minimum atomic E-state index is -0.541. The lowest BCUT2D eigenvalue weighted by atomic mass is 9.91. The number of nitrogens with one attached hydrogen (secondary N) is 2. The van der Waals surface area contributed by atoms with Gasteiger partial charge >= 0.3 is 0 Å². The van der Waals surface area contributed by atoms with Crippen LogP contribution in [0, 0.1) is 5.82 Å². The van der Waals surface area contributed by atoms with Gasteiger partial charge in [0.2, 0.25) is 11.9 Å². The third-order valence-electron chi connectivity index (χ3n) is 8.00. The van der Waals surface area contributed by atoms with Crippen molar-refractivity contribution in [1.29, 1.82) is 0 Å².